The van der Waals surface area contributed by atoms with Crippen molar-refractivity contribution in [3.05, 3.63) is 11.9 Å². The van der Waals surface area contributed by atoms with E-state index >= 15 is 0 Å². The first-order chi connectivity index (χ1) is 5.66. The van der Waals surface area contributed by atoms with Gasteiger partial charge in [0.25, 0.3) is 0 Å². The fourth-order valence-corrected chi connectivity index (χ4v) is 1.76. The van der Waals surface area contributed by atoms with E-state index in [9.17, 15) is 0 Å². The molecule has 0 fully saturated rings. The standard InChI is InChI=1S/C10H20N2/c1-5-6-7-10-11(3)8-9(2)12(10)4/h8,10H,5-7H2,1-4H3. The SMILES string of the molecule is CCCCC1N(C)C=C(C)N1C. The molecule has 1 aliphatic rings. The van der Waals surface area contributed by atoms with Gasteiger partial charge in [0.05, 0.1) is 0 Å². The molecule has 1 unspecified atom stereocenters. The van der Waals surface area contributed by atoms with Crippen molar-refractivity contribution < 1.29 is 0 Å². The second-order valence-corrected chi connectivity index (χ2v) is 3.67. The summed E-state index contributed by atoms with van der Waals surface area (Å²) in [6.45, 7) is 4.41. The molecule has 0 aromatic heterocycles. The van der Waals surface area contributed by atoms with Crippen molar-refractivity contribution in [2.24, 2.45) is 0 Å². The topological polar surface area (TPSA) is 6.48 Å². The molecule has 70 valence electrons. The van der Waals surface area contributed by atoms with Gasteiger partial charge in [0.15, 0.2) is 0 Å². The van der Waals surface area contributed by atoms with Crippen LogP contribution in [-0.2, 0) is 0 Å². The molecule has 1 heterocycles. The van der Waals surface area contributed by atoms with Crippen LogP contribution in [0.25, 0.3) is 0 Å². The predicted octanol–water partition coefficient (Wildman–Crippen LogP) is 2.24. The summed E-state index contributed by atoms with van der Waals surface area (Å²) in [5, 5.41) is 0. The molecule has 0 bridgehead atoms. The summed E-state index contributed by atoms with van der Waals surface area (Å²) < 4.78 is 0. The molecular weight excluding hydrogens is 148 g/mol. The van der Waals surface area contributed by atoms with E-state index in [1.54, 1.807) is 0 Å². The third-order valence-corrected chi connectivity index (χ3v) is 2.68. The Kier molecular flexibility index (Phi) is 3.01. The maximum absolute atomic E-state index is 2.36. The van der Waals surface area contributed by atoms with E-state index in [2.05, 4.69) is 43.9 Å². The normalized spacial score (nSPS) is 23.3. The second-order valence-electron chi connectivity index (χ2n) is 3.67. The molecule has 0 radical (unpaired) electrons. The molecular formula is C10H20N2. The maximum Gasteiger partial charge on any atom is 0.100 e. The van der Waals surface area contributed by atoms with Crippen molar-refractivity contribution in [3.8, 4) is 0 Å². The highest BCUT2D eigenvalue weighted by molar-refractivity contribution is 5.05. The number of rotatable bonds is 3. The first-order valence-corrected chi connectivity index (χ1v) is 4.80. The van der Waals surface area contributed by atoms with Crippen molar-refractivity contribution in [1.82, 2.24) is 9.80 Å². The van der Waals surface area contributed by atoms with Gasteiger partial charge in [-0.3, -0.25) is 0 Å². The Labute approximate surface area is 75.8 Å². The lowest BCUT2D eigenvalue weighted by molar-refractivity contribution is 0.181. The van der Waals surface area contributed by atoms with E-state index in [0.29, 0.717) is 6.17 Å². The number of unbranched alkanes of at least 4 members (excludes halogenated alkanes) is 1. The third kappa shape index (κ3) is 1.74. The van der Waals surface area contributed by atoms with E-state index in [-0.39, 0.29) is 0 Å². The van der Waals surface area contributed by atoms with Gasteiger partial charge >= 0.3 is 0 Å². The number of hydrogen-bond donors (Lipinski definition) is 0. The average Bonchev–Trinajstić information content (AvgIpc) is 2.25. The molecule has 0 aliphatic carbocycles. The van der Waals surface area contributed by atoms with Gasteiger partial charge < -0.3 is 9.80 Å². The predicted molar refractivity (Wildman–Crippen MR) is 52.6 cm³/mol. The lowest BCUT2D eigenvalue weighted by atomic mass is 10.2. The van der Waals surface area contributed by atoms with Crippen molar-refractivity contribution in [1.29, 1.82) is 0 Å². The molecule has 1 rings (SSSR count). The van der Waals surface area contributed by atoms with Gasteiger partial charge in [-0.15, -0.1) is 0 Å². The Morgan fingerprint density at radius 2 is 2.08 bits per heavy atom. The zero-order chi connectivity index (χ0) is 9.14. The Morgan fingerprint density at radius 1 is 1.42 bits per heavy atom. The molecule has 0 saturated heterocycles. The smallest absolute Gasteiger partial charge is 0.100 e. The van der Waals surface area contributed by atoms with E-state index in [0.717, 1.165) is 0 Å². The van der Waals surface area contributed by atoms with Gasteiger partial charge in [-0.25, -0.2) is 0 Å². The zero-order valence-corrected chi connectivity index (χ0v) is 8.67. The third-order valence-electron chi connectivity index (χ3n) is 2.68. The Balaban J connectivity index is 2.46. The van der Waals surface area contributed by atoms with Crippen molar-refractivity contribution in [2.45, 2.75) is 39.3 Å². The second kappa shape index (κ2) is 3.83. The van der Waals surface area contributed by atoms with Gasteiger partial charge in [-0.1, -0.05) is 13.3 Å². The van der Waals surface area contributed by atoms with Crippen LogP contribution in [0.15, 0.2) is 11.9 Å². The number of allylic oxidation sites excluding steroid dienone is 1. The van der Waals surface area contributed by atoms with Gasteiger partial charge in [0.1, 0.15) is 6.17 Å². The highest BCUT2D eigenvalue weighted by atomic mass is 15.4. The van der Waals surface area contributed by atoms with E-state index in [1.807, 2.05) is 0 Å². The number of nitrogens with zero attached hydrogens (tertiary/aromatic N) is 2. The van der Waals surface area contributed by atoms with Crippen LogP contribution in [-0.4, -0.2) is 30.1 Å². The average molecular weight is 168 g/mol. The maximum atomic E-state index is 2.36. The monoisotopic (exact) mass is 168 g/mol. The summed E-state index contributed by atoms with van der Waals surface area (Å²) in [5.74, 6) is 0. The minimum atomic E-state index is 0.602. The first-order valence-electron chi connectivity index (χ1n) is 4.80. The lowest BCUT2D eigenvalue weighted by Crippen LogP contribution is -2.34. The summed E-state index contributed by atoms with van der Waals surface area (Å²) in [6.07, 6.45) is 6.71. The first kappa shape index (κ1) is 9.43. The summed E-state index contributed by atoms with van der Waals surface area (Å²) >= 11 is 0. The molecule has 1 atom stereocenters. The van der Waals surface area contributed by atoms with Crippen LogP contribution in [0.3, 0.4) is 0 Å². The van der Waals surface area contributed by atoms with Crippen LogP contribution in [0.4, 0.5) is 0 Å². The fraction of sp³-hybridized carbons (Fsp3) is 0.800. The van der Waals surface area contributed by atoms with Crippen LogP contribution in [0.5, 0.6) is 0 Å². The molecule has 0 aromatic rings. The van der Waals surface area contributed by atoms with Gasteiger partial charge in [0, 0.05) is 26.0 Å². The van der Waals surface area contributed by atoms with Crippen LogP contribution in [0, 0.1) is 0 Å². The fourth-order valence-electron chi connectivity index (χ4n) is 1.76. The van der Waals surface area contributed by atoms with E-state index in [4.69, 9.17) is 0 Å². The molecule has 0 N–H and O–H groups in total. The van der Waals surface area contributed by atoms with Gasteiger partial charge in [0.2, 0.25) is 0 Å². The quantitative estimate of drug-likeness (QED) is 0.637. The number of hydrogen-bond acceptors (Lipinski definition) is 2. The minimum Gasteiger partial charge on any atom is -0.359 e. The van der Waals surface area contributed by atoms with Crippen molar-refractivity contribution >= 4 is 0 Å². The highest BCUT2D eigenvalue weighted by Crippen LogP contribution is 2.22. The van der Waals surface area contributed by atoms with Crippen LogP contribution >= 0.6 is 0 Å². The minimum absolute atomic E-state index is 0.602. The Bertz CT molecular complexity index is 175. The van der Waals surface area contributed by atoms with Gasteiger partial charge in [-0.2, -0.15) is 0 Å². The van der Waals surface area contributed by atoms with Crippen LogP contribution in [0.1, 0.15) is 33.1 Å². The summed E-state index contributed by atoms with van der Waals surface area (Å²) in [7, 11) is 4.34. The van der Waals surface area contributed by atoms with Crippen LogP contribution in [0.2, 0.25) is 0 Å². The Hall–Kier alpha value is -0.660. The van der Waals surface area contributed by atoms with Crippen molar-refractivity contribution in [2.75, 3.05) is 14.1 Å². The summed E-state index contributed by atoms with van der Waals surface area (Å²) in [5.41, 5.74) is 1.37. The largest absolute Gasteiger partial charge is 0.359 e. The zero-order valence-electron chi connectivity index (χ0n) is 8.67. The highest BCUT2D eigenvalue weighted by Gasteiger charge is 2.23. The Morgan fingerprint density at radius 3 is 2.50 bits per heavy atom. The molecule has 12 heavy (non-hydrogen) atoms. The summed E-state index contributed by atoms with van der Waals surface area (Å²) in [4.78, 5) is 4.67. The van der Waals surface area contributed by atoms with E-state index < -0.39 is 0 Å². The van der Waals surface area contributed by atoms with E-state index in [1.165, 1.54) is 25.0 Å². The molecule has 0 saturated carbocycles. The van der Waals surface area contributed by atoms with Crippen molar-refractivity contribution in [3.63, 3.8) is 0 Å². The lowest BCUT2D eigenvalue weighted by Gasteiger charge is -2.28. The molecule has 2 nitrogen and oxygen atoms in total. The molecule has 0 spiro atoms. The molecule has 1 aliphatic heterocycles. The van der Waals surface area contributed by atoms with Crippen LogP contribution < -0.4 is 0 Å². The molecule has 0 aromatic carbocycles. The summed E-state index contributed by atoms with van der Waals surface area (Å²) in [6, 6.07) is 0. The van der Waals surface area contributed by atoms with Gasteiger partial charge in [-0.05, 0) is 19.8 Å². The molecule has 0 amide bonds. The molecule has 2 heteroatoms.